The molecule has 0 aliphatic carbocycles. The summed E-state index contributed by atoms with van der Waals surface area (Å²) in [5.74, 6) is 1.23. The summed E-state index contributed by atoms with van der Waals surface area (Å²) in [6.45, 7) is 8.72. The van der Waals surface area contributed by atoms with E-state index in [-0.39, 0.29) is 0 Å². The number of rotatable bonds is 2. The molecule has 0 nitrogen and oxygen atoms in total. The Morgan fingerprint density at radius 2 is 1.21 bits per heavy atom. The molecule has 0 spiro atoms. The maximum Gasteiger partial charge on any atom is 0.0408 e. The van der Waals surface area contributed by atoms with Crippen molar-refractivity contribution in [2.45, 2.75) is 39.5 Å². The van der Waals surface area contributed by atoms with Crippen LogP contribution in [0.5, 0.6) is 0 Å². The zero-order chi connectivity index (χ0) is 14.3. The number of hydrogen-bond acceptors (Lipinski definition) is 0. The molecule has 0 amide bonds. The van der Waals surface area contributed by atoms with Crippen LogP contribution in [0.15, 0.2) is 54.6 Å². The van der Waals surface area contributed by atoms with Crippen molar-refractivity contribution in [2.24, 2.45) is 0 Å². The molecule has 0 N–H and O–H groups in total. The summed E-state index contributed by atoms with van der Waals surface area (Å²) in [5, 5.41) is 0.825. The normalized spacial score (nSPS) is 10.3. The van der Waals surface area contributed by atoms with E-state index in [0.717, 1.165) is 5.02 Å². The van der Waals surface area contributed by atoms with E-state index in [1.807, 2.05) is 24.3 Å². The molecular formula is C18H23Cl. The van der Waals surface area contributed by atoms with Crippen LogP contribution in [0.4, 0.5) is 0 Å². The number of halogens is 1. The van der Waals surface area contributed by atoms with Crippen molar-refractivity contribution in [3.63, 3.8) is 0 Å². The van der Waals surface area contributed by atoms with Crippen molar-refractivity contribution in [1.29, 1.82) is 0 Å². The van der Waals surface area contributed by atoms with Gasteiger partial charge < -0.3 is 0 Å². The Morgan fingerprint density at radius 3 is 1.58 bits per heavy atom. The monoisotopic (exact) mass is 274 g/mol. The largest absolute Gasteiger partial charge is 0.0843 e. The lowest BCUT2D eigenvalue weighted by Gasteiger charge is -2.03. The Bertz CT molecular complexity index is 472. The second-order valence-electron chi connectivity index (χ2n) is 5.28. The smallest absolute Gasteiger partial charge is 0.0408 e. The lowest BCUT2D eigenvalue weighted by Crippen LogP contribution is -1.84. The van der Waals surface area contributed by atoms with Gasteiger partial charge >= 0.3 is 0 Å². The predicted octanol–water partition coefficient (Wildman–Crippen LogP) is 6.27. The summed E-state index contributed by atoms with van der Waals surface area (Å²) in [6, 6.07) is 18.5. The van der Waals surface area contributed by atoms with E-state index in [4.69, 9.17) is 11.6 Å². The number of hydrogen-bond donors (Lipinski definition) is 0. The van der Waals surface area contributed by atoms with Crippen molar-refractivity contribution in [3.05, 3.63) is 70.7 Å². The molecular weight excluding hydrogens is 252 g/mol. The Hall–Kier alpha value is -1.27. The molecule has 0 aliphatic heterocycles. The minimum atomic E-state index is 0.568. The Labute approximate surface area is 122 Å². The Kier molecular flexibility index (Phi) is 6.66. The van der Waals surface area contributed by atoms with Gasteiger partial charge in [0.2, 0.25) is 0 Å². The van der Waals surface area contributed by atoms with Gasteiger partial charge in [-0.25, -0.2) is 0 Å². The van der Waals surface area contributed by atoms with Crippen LogP contribution in [0.2, 0.25) is 5.02 Å². The first kappa shape index (κ1) is 15.8. The molecule has 19 heavy (non-hydrogen) atoms. The van der Waals surface area contributed by atoms with Gasteiger partial charge in [-0.2, -0.15) is 0 Å². The lowest BCUT2D eigenvalue weighted by molar-refractivity contribution is 0.867. The molecule has 0 unspecified atom stereocenters. The van der Waals surface area contributed by atoms with Crippen molar-refractivity contribution in [2.75, 3.05) is 0 Å². The Morgan fingerprint density at radius 1 is 0.684 bits per heavy atom. The number of benzene rings is 2. The molecule has 0 saturated carbocycles. The van der Waals surface area contributed by atoms with Gasteiger partial charge in [-0.15, -0.1) is 0 Å². The highest BCUT2D eigenvalue weighted by atomic mass is 35.5. The third-order valence-electron chi connectivity index (χ3n) is 2.98. The Balaban J connectivity index is 0.000000191. The van der Waals surface area contributed by atoms with E-state index in [1.165, 1.54) is 11.1 Å². The van der Waals surface area contributed by atoms with Gasteiger partial charge in [0.15, 0.2) is 0 Å². The summed E-state index contributed by atoms with van der Waals surface area (Å²) in [7, 11) is 0. The predicted molar refractivity (Wildman–Crippen MR) is 86.1 cm³/mol. The summed E-state index contributed by atoms with van der Waals surface area (Å²) in [4.78, 5) is 0. The summed E-state index contributed by atoms with van der Waals surface area (Å²) in [6.07, 6.45) is 0. The van der Waals surface area contributed by atoms with Gasteiger partial charge in [-0.3, -0.25) is 0 Å². The summed E-state index contributed by atoms with van der Waals surface area (Å²) in [5.41, 5.74) is 2.71. The molecule has 0 saturated heterocycles. The standard InChI is InChI=1S/C9H11Cl.C9H12/c1-7(2)8-4-3-5-9(10)6-8;1-8(2)9-6-4-3-5-7-9/h3-7H,1-2H3;3-8H,1-2H3. The van der Waals surface area contributed by atoms with Crippen LogP contribution in [0.25, 0.3) is 0 Å². The van der Waals surface area contributed by atoms with E-state index in [9.17, 15) is 0 Å². The molecule has 0 heterocycles. The van der Waals surface area contributed by atoms with E-state index in [1.54, 1.807) is 0 Å². The second-order valence-corrected chi connectivity index (χ2v) is 5.71. The molecule has 0 atom stereocenters. The molecule has 0 aromatic heterocycles. The maximum atomic E-state index is 5.79. The van der Waals surface area contributed by atoms with Crippen molar-refractivity contribution in [3.8, 4) is 0 Å². The first-order chi connectivity index (χ1) is 9.00. The van der Waals surface area contributed by atoms with Crippen LogP contribution in [0.1, 0.15) is 50.7 Å². The highest BCUT2D eigenvalue weighted by Crippen LogP contribution is 2.17. The molecule has 0 radical (unpaired) electrons. The molecule has 2 aromatic rings. The van der Waals surface area contributed by atoms with Gasteiger partial charge in [0.05, 0.1) is 0 Å². The summed E-state index contributed by atoms with van der Waals surface area (Å²) >= 11 is 5.79. The van der Waals surface area contributed by atoms with Crippen LogP contribution in [-0.4, -0.2) is 0 Å². The molecule has 1 heteroatoms. The first-order valence-electron chi connectivity index (χ1n) is 6.81. The molecule has 2 rings (SSSR count). The zero-order valence-corrected chi connectivity index (χ0v) is 13.0. The van der Waals surface area contributed by atoms with E-state index in [2.05, 4.69) is 58.0 Å². The third-order valence-corrected chi connectivity index (χ3v) is 3.22. The SMILES string of the molecule is CC(C)c1cccc(Cl)c1.CC(C)c1ccccc1. The average Bonchev–Trinajstić information content (AvgIpc) is 2.40. The lowest BCUT2D eigenvalue weighted by atomic mass is 10.0. The maximum absolute atomic E-state index is 5.79. The molecule has 0 fully saturated rings. The minimum absolute atomic E-state index is 0.568. The van der Waals surface area contributed by atoms with Gasteiger partial charge in [-0.1, -0.05) is 81.8 Å². The van der Waals surface area contributed by atoms with E-state index < -0.39 is 0 Å². The van der Waals surface area contributed by atoms with Crippen molar-refractivity contribution in [1.82, 2.24) is 0 Å². The fourth-order valence-electron chi connectivity index (χ4n) is 1.70. The highest BCUT2D eigenvalue weighted by Gasteiger charge is 1.97. The fraction of sp³-hybridized carbons (Fsp3) is 0.333. The van der Waals surface area contributed by atoms with Crippen LogP contribution in [0, 0.1) is 0 Å². The first-order valence-corrected chi connectivity index (χ1v) is 7.19. The molecule has 102 valence electrons. The highest BCUT2D eigenvalue weighted by molar-refractivity contribution is 6.30. The van der Waals surface area contributed by atoms with Gasteiger partial charge in [0.1, 0.15) is 0 Å². The van der Waals surface area contributed by atoms with Crippen molar-refractivity contribution < 1.29 is 0 Å². The van der Waals surface area contributed by atoms with Gasteiger partial charge in [0, 0.05) is 5.02 Å². The molecule has 0 bridgehead atoms. The zero-order valence-electron chi connectivity index (χ0n) is 12.2. The van der Waals surface area contributed by atoms with Gasteiger partial charge in [-0.05, 0) is 35.1 Å². The topological polar surface area (TPSA) is 0 Å². The van der Waals surface area contributed by atoms with Crippen LogP contribution >= 0.6 is 11.6 Å². The van der Waals surface area contributed by atoms with E-state index in [0.29, 0.717) is 11.8 Å². The van der Waals surface area contributed by atoms with Crippen molar-refractivity contribution >= 4 is 11.6 Å². The van der Waals surface area contributed by atoms with Crippen LogP contribution < -0.4 is 0 Å². The molecule has 0 aliphatic rings. The third kappa shape index (κ3) is 5.94. The van der Waals surface area contributed by atoms with Crippen LogP contribution in [-0.2, 0) is 0 Å². The fourth-order valence-corrected chi connectivity index (χ4v) is 1.90. The summed E-state index contributed by atoms with van der Waals surface area (Å²) < 4.78 is 0. The van der Waals surface area contributed by atoms with Gasteiger partial charge in [0.25, 0.3) is 0 Å². The van der Waals surface area contributed by atoms with Crippen LogP contribution in [0.3, 0.4) is 0 Å². The quantitative estimate of drug-likeness (QED) is 0.605. The average molecular weight is 275 g/mol. The second kappa shape index (κ2) is 8.01. The van der Waals surface area contributed by atoms with E-state index >= 15 is 0 Å². The molecule has 2 aromatic carbocycles. The minimum Gasteiger partial charge on any atom is -0.0843 e.